The first-order valence-corrected chi connectivity index (χ1v) is 9.96. The predicted octanol–water partition coefficient (Wildman–Crippen LogP) is 2.22. The first kappa shape index (κ1) is 22.5. The van der Waals surface area contributed by atoms with Crippen molar-refractivity contribution in [2.45, 2.75) is 13.8 Å². The van der Waals surface area contributed by atoms with Crippen LogP contribution in [0.1, 0.15) is 12.5 Å². The molecule has 1 aromatic heterocycles. The summed E-state index contributed by atoms with van der Waals surface area (Å²) in [5.74, 6) is 0.864. The molecule has 2 aromatic rings. The van der Waals surface area contributed by atoms with Crippen molar-refractivity contribution in [3.05, 3.63) is 36.2 Å². The molecule has 0 saturated carbocycles. The number of nitrogens with zero attached hydrogens (tertiary/aromatic N) is 6. The van der Waals surface area contributed by atoms with E-state index in [-0.39, 0.29) is 5.91 Å². The lowest BCUT2D eigenvalue weighted by Crippen LogP contribution is -2.45. The van der Waals surface area contributed by atoms with Crippen LogP contribution in [0.2, 0.25) is 0 Å². The van der Waals surface area contributed by atoms with Gasteiger partial charge in [-0.3, -0.25) is 4.79 Å². The molecule has 1 heterocycles. The molecule has 0 aliphatic carbocycles. The average molecular weight is 402 g/mol. The third-order valence-electron chi connectivity index (χ3n) is 4.64. The third-order valence-corrected chi connectivity index (χ3v) is 4.64. The number of rotatable bonds is 9. The molecular formula is C21H35N7O+2. The molecule has 0 atom stereocenters. The van der Waals surface area contributed by atoms with Crippen LogP contribution in [0.15, 0.2) is 40.8 Å². The molecule has 0 unspecified atom stereocenters. The van der Waals surface area contributed by atoms with E-state index < -0.39 is 0 Å². The van der Waals surface area contributed by atoms with Gasteiger partial charge in [0.05, 0.1) is 47.6 Å². The van der Waals surface area contributed by atoms with E-state index >= 15 is 0 Å². The second-order valence-corrected chi connectivity index (χ2v) is 8.37. The lowest BCUT2D eigenvalue weighted by atomic mass is 10.1. The van der Waals surface area contributed by atoms with Crippen LogP contribution in [0.5, 0.6) is 0 Å². The van der Waals surface area contributed by atoms with Crippen molar-refractivity contribution >= 4 is 23.2 Å². The van der Waals surface area contributed by atoms with Gasteiger partial charge in [0.1, 0.15) is 5.69 Å². The summed E-state index contributed by atoms with van der Waals surface area (Å²) in [4.78, 5) is 14.3. The molecule has 0 aliphatic rings. The van der Waals surface area contributed by atoms with Crippen molar-refractivity contribution in [3.63, 3.8) is 0 Å². The largest absolute Gasteiger partial charge is 0.421 e. The van der Waals surface area contributed by atoms with E-state index in [9.17, 15) is 4.79 Å². The smallest absolute Gasteiger partial charge is 0.370 e. The molecule has 8 nitrogen and oxygen atoms in total. The molecule has 2 rings (SSSR count). The molecule has 0 spiro atoms. The van der Waals surface area contributed by atoms with E-state index in [4.69, 9.17) is 0 Å². The summed E-state index contributed by atoms with van der Waals surface area (Å²) in [7, 11) is 9.93. The Morgan fingerprint density at radius 2 is 2.00 bits per heavy atom. The summed E-state index contributed by atoms with van der Waals surface area (Å²) in [5.41, 5.74) is 3.03. The van der Waals surface area contributed by atoms with Gasteiger partial charge in [-0.15, -0.1) is 0 Å². The second-order valence-electron chi connectivity index (χ2n) is 8.37. The van der Waals surface area contributed by atoms with Crippen molar-refractivity contribution in [1.29, 1.82) is 0 Å². The van der Waals surface area contributed by atoms with Crippen LogP contribution in [0.25, 0.3) is 0 Å². The summed E-state index contributed by atoms with van der Waals surface area (Å²) < 4.78 is 4.48. The van der Waals surface area contributed by atoms with Crippen LogP contribution in [0, 0.1) is 6.92 Å². The number of anilines is 1. The minimum Gasteiger partial charge on any atom is -0.370 e. The number of quaternary nitrogens is 1. The van der Waals surface area contributed by atoms with Crippen LogP contribution in [0.3, 0.4) is 0 Å². The highest BCUT2D eigenvalue weighted by molar-refractivity contribution is 5.77. The maximum atomic E-state index is 12.0. The number of benzene rings is 1. The molecule has 1 amide bonds. The van der Waals surface area contributed by atoms with E-state index in [1.54, 1.807) is 0 Å². The highest BCUT2D eigenvalue weighted by Gasteiger charge is 2.15. The Hall–Kier alpha value is -2.74. The standard InChI is InChI=1S/C21H34N7O/c1-8-27(12-11-22-20(29)16-28(5,6)7)18-9-10-19(17(2)15-18)23-24-21-25(3)13-14-26(21)4/h9-10,13-15H,8,11-12,16H2,1-7H3/q+1/p+1. The van der Waals surface area contributed by atoms with Crippen LogP contribution in [0.4, 0.5) is 17.3 Å². The van der Waals surface area contributed by atoms with E-state index in [0.717, 1.165) is 36.0 Å². The van der Waals surface area contributed by atoms with Gasteiger partial charge in [-0.25, -0.2) is 9.13 Å². The Kier molecular flexibility index (Phi) is 7.50. The van der Waals surface area contributed by atoms with Gasteiger partial charge in [-0.2, -0.15) is 0 Å². The van der Waals surface area contributed by atoms with E-state index in [1.807, 2.05) is 69.8 Å². The number of carbonyl (C=O) groups is 1. The number of hydrogen-bond acceptors (Lipinski definition) is 4. The molecule has 0 radical (unpaired) electrons. The first-order chi connectivity index (χ1) is 13.6. The number of likely N-dealkylation sites (N-methyl/N-ethyl adjacent to an activating group) is 2. The lowest BCUT2D eigenvalue weighted by molar-refractivity contribution is -0.862. The topological polar surface area (TPSA) is 65.9 Å². The van der Waals surface area contributed by atoms with Gasteiger partial charge in [0, 0.05) is 30.4 Å². The fourth-order valence-electron chi connectivity index (χ4n) is 3.06. The fraction of sp³-hybridized carbons (Fsp3) is 0.524. The van der Waals surface area contributed by atoms with Gasteiger partial charge in [0.25, 0.3) is 5.91 Å². The molecule has 1 aromatic carbocycles. The van der Waals surface area contributed by atoms with E-state index in [1.165, 1.54) is 0 Å². The summed E-state index contributed by atoms with van der Waals surface area (Å²) in [6.07, 6.45) is 3.89. The van der Waals surface area contributed by atoms with Gasteiger partial charge in [0.15, 0.2) is 6.54 Å². The molecule has 29 heavy (non-hydrogen) atoms. The molecule has 8 heteroatoms. The van der Waals surface area contributed by atoms with Crippen molar-refractivity contribution in [2.75, 3.05) is 52.2 Å². The Balaban J connectivity index is 2.00. The van der Waals surface area contributed by atoms with Crippen molar-refractivity contribution in [2.24, 2.45) is 24.3 Å². The van der Waals surface area contributed by atoms with E-state index in [2.05, 4.69) is 39.5 Å². The number of amides is 1. The zero-order valence-electron chi connectivity index (χ0n) is 18.8. The van der Waals surface area contributed by atoms with E-state index in [0.29, 0.717) is 17.6 Å². The SMILES string of the molecule is CCN(CCNC(=O)C[N+](C)(C)C)c1ccc(N=Nc2n(C)cc[n+]2C)c(C)c1. The molecule has 1 N–H and O–H groups in total. The number of aryl methyl sites for hydroxylation is 3. The Bertz CT molecular complexity index is 845. The van der Waals surface area contributed by atoms with Gasteiger partial charge in [0.2, 0.25) is 0 Å². The molecular weight excluding hydrogens is 366 g/mol. The minimum absolute atomic E-state index is 0.0781. The third kappa shape index (κ3) is 6.67. The molecule has 0 saturated heterocycles. The molecule has 0 bridgehead atoms. The highest BCUT2D eigenvalue weighted by atomic mass is 16.2. The van der Waals surface area contributed by atoms with Crippen LogP contribution >= 0.6 is 0 Å². The summed E-state index contributed by atoms with van der Waals surface area (Å²) in [5, 5.41) is 11.8. The van der Waals surface area contributed by atoms with Gasteiger partial charge in [-0.05, 0) is 37.6 Å². The van der Waals surface area contributed by atoms with Crippen LogP contribution in [-0.2, 0) is 18.9 Å². The summed E-state index contributed by atoms with van der Waals surface area (Å²) in [6.45, 7) is 6.89. The number of azo groups is 1. The number of nitrogens with one attached hydrogen (secondary N) is 1. The summed E-state index contributed by atoms with van der Waals surface area (Å²) >= 11 is 0. The maximum Gasteiger partial charge on any atom is 0.421 e. The van der Waals surface area contributed by atoms with Crippen molar-refractivity contribution < 1.29 is 13.8 Å². The molecule has 158 valence electrons. The monoisotopic (exact) mass is 401 g/mol. The number of carbonyl (C=O) groups excluding carboxylic acids is 1. The normalized spacial score (nSPS) is 11.8. The number of imidazole rings is 1. The number of aromatic nitrogens is 2. The molecule has 0 aliphatic heterocycles. The lowest BCUT2D eigenvalue weighted by Gasteiger charge is -2.25. The minimum atomic E-state index is 0.0781. The maximum absolute atomic E-state index is 12.0. The Morgan fingerprint density at radius 1 is 1.28 bits per heavy atom. The van der Waals surface area contributed by atoms with Crippen LogP contribution < -0.4 is 14.8 Å². The quantitative estimate of drug-likeness (QED) is 0.398. The second kappa shape index (κ2) is 9.65. The molecule has 0 fully saturated rings. The number of hydrogen-bond donors (Lipinski definition) is 1. The zero-order chi connectivity index (χ0) is 21.6. The first-order valence-electron chi connectivity index (χ1n) is 9.96. The van der Waals surface area contributed by atoms with Crippen LogP contribution in [-0.4, -0.2) is 62.3 Å². The van der Waals surface area contributed by atoms with Crippen molar-refractivity contribution in [1.82, 2.24) is 9.88 Å². The Labute approximate surface area is 174 Å². The Morgan fingerprint density at radius 3 is 2.55 bits per heavy atom. The fourth-order valence-corrected chi connectivity index (χ4v) is 3.06. The van der Waals surface area contributed by atoms with Gasteiger partial charge in [-0.1, -0.05) is 5.11 Å². The summed E-state index contributed by atoms with van der Waals surface area (Å²) in [6, 6.07) is 6.18. The zero-order valence-corrected chi connectivity index (χ0v) is 18.8. The van der Waals surface area contributed by atoms with Crippen molar-refractivity contribution in [3.8, 4) is 0 Å². The van der Waals surface area contributed by atoms with Gasteiger partial charge >= 0.3 is 5.95 Å². The van der Waals surface area contributed by atoms with Gasteiger partial charge < -0.3 is 14.7 Å². The average Bonchev–Trinajstić information content (AvgIpc) is 2.94. The predicted molar refractivity (Wildman–Crippen MR) is 116 cm³/mol. The highest BCUT2D eigenvalue weighted by Crippen LogP contribution is 2.26.